The molecule has 0 aromatic rings. The number of ether oxygens (including phenoxy) is 1. The topological polar surface area (TPSA) is 50.7 Å². The van der Waals surface area contributed by atoms with Crippen LogP contribution in [0.1, 0.15) is 19.3 Å². The minimum atomic E-state index is -0.0767. The largest absolute Gasteiger partial charge is 0.469 e. The highest BCUT2D eigenvalue weighted by Crippen LogP contribution is 2.28. The molecule has 1 aliphatic heterocycles. The second-order valence-corrected chi connectivity index (χ2v) is 3.65. The van der Waals surface area contributed by atoms with E-state index >= 15 is 0 Å². The van der Waals surface area contributed by atoms with Gasteiger partial charge in [0.1, 0.15) is 0 Å². The molecule has 2 aliphatic rings. The van der Waals surface area contributed by atoms with Gasteiger partial charge < -0.3 is 10.1 Å². The molecule has 13 heavy (non-hydrogen) atoms. The van der Waals surface area contributed by atoms with E-state index in [0.717, 1.165) is 19.3 Å². The van der Waals surface area contributed by atoms with Crippen molar-refractivity contribution in [1.82, 2.24) is 5.32 Å². The zero-order valence-electron chi connectivity index (χ0n) is 7.69. The van der Waals surface area contributed by atoms with Crippen LogP contribution in [-0.4, -0.2) is 31.5 Å². The number of carbonyl (C=O) groups is 1. The first-order valence-corrected chi connectivity index (χ1v) is 4.67. The van der Waals surface area contributed by atoms with Gasteiger partial charge in [0.15, 0.2) is 0 Å². The Hall–Kier alpha value is -1.06. The van der Waals surface area contributed by atoms with Crippen LogP contribution in [0.5, 0.6) is 0 Å². The minimum Gasteiger partial charge on any atom is -0.469 e. The van der Waals surface area contributed by atoms with Gasteiger partial charge in [-0.05, 0) is 19.3 Å². The number of methoxy groups -OCH3 is 1. The van der Waals surface area contributed by atoms with E-state index in [9.17, 15) is 4.79 Å². The van der Waals surface area contributed by atoms with Gasteiger partial charge in [-0.2, -0.15) is 0 Å². The van der Waals surface area contributed by atoms with E-state index in [1.807, 2.05) is 0 Å². The third-order valence-electron chi connectivity index (χ3n) is 2.90. The second-order valence-electron chi connectivity index (χ2n) is 3.65. The number of fused-ring (bicyclic) bond motifs is 1. The normalized spacial score (nSPS) is 36.5. The lowest BCUT2D eigenvalue weighted by molar-refractivity contribution is -0.146. The van der Waals surface area contributed by atoms with Crippen LogP contribution in [0, 0.1) is 5.92 Å². The number of hydrogen-bond donors (Lipinski definition) is 1. The predicted octanol–water partition coefficient (Wildman–Crippen LogP) is 0.328. The molecular formula is C9H14N2O2. The molecule has 0 saturated heterocycles. The summed E-state index contributed by atoms with van der Waals surface area (Å²) < 4.78 is 4.73. The molecule has 0 bridgehead atoms. The molecule has 4 nitrogen and oxygen atoms in total. The molecule has 1 saturated carbocycles. The summed E-state index contributed by atoms with van der Waals surface area (Å²) in [5, 5.41) is 3.17. The molecule has 1 fully saturated rings. The fraction of sp³-hybridized carbons (Fsp3) is 0.778. The summed E-state index contributed by atoms with van der Waals surface area (Å²) in [5.41, 5.74) is 0. The van der Waals surface area contributed by atoms with Crippen molar-refractivity contribution in [3.8, 4) is 0 Å². The van der Waals surface area contributed by atoms with Crippen LogP contribution in [-0.2, 0) is 9.53 Å². The van der Waals surface area contributed by atoms with E-state index in [2.05, 4.69) is 10.3 Å². The Kier molecular flexibility index (Phi) is 2.20. The molecule has 0 amide bonds. The molecule has 2 rings (SSSR count). The number of esters is 1. The molecule has 0 radical (unpaired) electrons. The van der Waals surface area contributed by atoms with Gasteiger partial charge in [-0.25, -0.2) is 0 Å². The summed E-state index contributed by atoms with van der Waals surface area (Å²) in [6.45, 7) is 0. The van der Waals surface area contributed by atoms with E-state index in [4.69, 9.17) is 4.74 Å². The van der Waals surface area contributed by atoms with Gasteiger partial charge in [0.25, 0.3) is 0 Å². The zero-order valence-corrected chi connectivity index (χ0v) is 7.69. The molecule has 0 spiro atoms. The van der Waals surface area contributed by atoms with Gasteiger partial charge >= 0.3 is 5.97 Å². The maximum absolute atomic E-state index is 11.3. The number of hydrogen-bond acceptors (Lipinski definition) is 4. The smallest absolute Gasteiger partial charge is 0.308 e. The molecule has 3 atom stereocenters. The van der Waals surface area contributed by atoms with Crippen molar-refractivity contribution >= 4 is 12.3 Å². The quantitative estimate of drug-likeness (QED) is 0.594. The average molecular weight is 182 g/mol. The molecule has 0 aromatic carbocycles. The van der Waals surface area contributed by atoms with Gasteiger partial charge in [0, 0.05) is 0 Å². The first-order valence-electron chi connectivity index (χ1n) is 4.67. The van der Waals surface area contributed by atoms with E-state index in [-0.39, 0.29) is 11.9 Å². The molecule has 1 N–H and O–H groups in total. The lowest BCUT2D eigenvalue weighted by atomic mass is 9.83. The maximum atomic E-state index is 11.3. The van der Waals surface area contributed by atoms with Crippen LogP contribution in [0.2, 0.25) is 0 Å². The third-order valence-corrected chi connectivity index (χ3v) is 2.90. The van der Waals surface area contributed by atoms with Gasteiger partial charge in [0.2, 0.25) is 0 Å². The fourth-order valence-electron chi connectivity index (χ4n) is 2.13. The third kappa shape index (κ3) is 1.53. The summed E-state index contributed by atoms with van der Waals surface area (Å²) >= 11 is 0. The molecule has 1 heterocycles. The van der Waals surface area contributed by atoms with Crippen LogP contribution in [0.4, 0.5) is 0 Å². The van der Waals surface area contributed by atoms with Crippen LogP contribution >= 0.6 is 0 Å². The maximum Gasteiger partial charge on any atom is 0.308 e. The second kappa shape index (κ2) is 3.36. The van der Waals surface area contributed by atoms with Gasteiger partial charge in [-0.3, -0.25) is 9.79 Å². The summed E-state index contributed by atoms with van der Waals surface area (Å²) in [4.78, 5) is 15.6. The van der Waals surface area contributed by atoms with Crippen LogP contribution in [0.3, 0.4) is 0 Å². The summed E-state index contributed by atoms with van der Waals surface area (Å²) in [7, 11) is 1.45. The van der Waals surface area contributed by atoms with E-state index in [0.29, 0.717) is 12.1 Å². The number of nitrogens with one attached hydrogen (secondary N) is 1. The van der Waals surface area contributed by atoms with E-state index < -0.39 is 0 Å². The highest BCUT2D eigenvalue weighted by molar-refractivity contribution is 5.72. The minimum absolute atomic E-state index is 0.0699. The Balaban J connectivity index is 1.95. The van der Waals surface area contributed by atoms with Crippen molar-refractivity contribution < 1.29 is 9.53 Å². The van der Waals surface area contributed by atoms with E-state index in [1.165, 1.54) is 7.11 Å². The zero-order chi connectivity index (χ0) is 9.26. The lowest BCUT2D eigenvalue weighted by Crippen LogP contribution is -2.40. The van der Waals surface area contributed by atoms with Crippen LogP contribution in [0.15, 0.2) is 4.99 Å². The van der Waals surface area contributed by atoms with Crippen molar-refractivity contribution in [3.05, 3.63) is 0 Å². The SMILES string of the molecule is COC(=O)[C@@H]1CC[C@@H]2N=CN[C@@H]2C1. The summed E-state index contributed by atoms with van der Waals surface area (Å²) in [5.74, 6) is -0.00685. The van der Waals surface area contributed by atoms with Crippen molar-refractivity contribution in [1.29, 1.82) is 0 Å². The fourth-order valence-corrected chi connectivity index (χ4v) is 2.13. The number of nitrogens with zero attached hydrogens (tertiary/aromatic N) is 1. The Labute approximate surface area is 77.4 Å². The number of carbonyl (C=O) groups excluding carboxylic acids is 1. The van der Waals surface area contributed by atoms with Crippen molar-refractivity contribution in [3.63, 3.8) is 0 Å². The molecule has 0 unspecified atom stereocenters. The molecule has 72 valence electrons. The Morgan fingerprint density at radius 1 is 1.62 bits per heavy atom. The number of rotatable bonds is 1. The van der Waals surface area contributed by atoms with Crippen LogP contribution < -0.4 is 5.32 Å². The molecule has 1 aliphatic carbocycles. The van der Waals surface area contributed by atoms with Crippen LogP contribution in [0.25, 0.3) is 0 Å². The Morgan fingerprint density at radius 3 is 3.23 bits per heavy atom. The van der Waals surface area contributed by atoms with Gasteiger partial charge in [-0.1, -0.05) is 0 Å². The lowest BCUT2D eigenvalue weighted by Gasteiger charge is -2.28. The van der Waals surface area contributed by atoms with Gasteiger partial charge in [-0.15, -0.1) is 0 Å². The molecule has 0 aromatic heterocycles. The molecule has 4 heteroatoms. The standard InChI is InChI=1S/C9H14N2O2/c1-13-9(12)6-2-3-7-8(4-6)11-5-10-7/h5-8H,2-4H2,1H3,(H,10,11)/t6-,7+,8-/m1/s1. The first kappa shape index (κ1) is 8.53. The Morgan fingerprint density at radius 2 is 2.46 bits per heavy atom. The van der Waals surface area contributed by atoms with Crippen molar-refractivity contribution in [2.75, 3.05) is 7.11 Å². The Bertz CT molecular complexity index is 240. The summed E-state index contributed by atoms with van der Waals surface area (Å²) in [6.07, 6.45) is 4.52. The van der Waals surface area contributed by atoms with Crippen molar-refractivity contribution in [2.24, 2.45) is 10.9 Å². The monoisotopic (exact) mass is 182 g/mol. The predicted molar refractivity (Wildman–Crippen MR) is 48.6 cm³/mol. The van der Waals surface area contributed by atoms with Gasteiger partial charge in [0.05, 0.1) is 31.4 Å². The summed E-state index contributed by atoms with van der Waals surface area (Å²) in [6, 6.07) is 0.749. The van der Waals surface area contributed by atoms with E-state index in [1.54, 1.807) is 6.34 Å². The van der Waals surface area contributed by atoms with Crippen molar-refractivity contribution in [2.45, 2.75) is 31.3 Å². The highest BCUT2D eigenvalue weighted by Gasteiger charge is 2.35. The number of aliphatic imine (C=N–C) groups is 1. The highest BCUT2D eigenvalue weighted by atomic mass is 16.5. The molecular weight excluding hydrogens is 168 g/mol. The first-order chi connectivity index (χ1) is 6.31. The average Bonchev–Trinajstić information content (AvgIpc) is 2.63.